The molecule has 0 unspecified atom stereocenters. The summed E-state index contributed by atoms with van der Waals surface area (Å²) in [6.45, 7) is 1.20. The number of aromatic nitrogens is 1. The van der Waals surface area contributed by atoms with E-state index >= 15 is 0 Å². The number of benzene rings is 1. The quantitative estimate of drug-likeness (QED) is 0.527. The zero-order valence-corrected chi connectivity index (χ0v) is 23.9. The average molecular weight is 567 g/mol. The molecule has 1 saturated heterocycles. The molecule has 2 aromatic rings. The third-order valence-electron chi connectivity index (χ3n) is 8.97. The van der Waals surface area contributed by atoms with Crippen LogP contribution in [-0.2, 0) is 45.0 Å². The van der Waals surface area contributed by atoms with Gasteiger partial charge in [-0.2, -0.15) is 0 Å². The first kappa shape index (κ1) is 27.1. The second-order valence-corrected chi connectivity index (χ2v) is 12.4. The van der Waals surface area contributed by atoms with Crippen LogP contribution in [0.2, 0.25) is 0 Å². The number of methoxy groups -OCH3 is 1. The molecule has 9 nitrogen and oxygen atoms in total. The van der Waals surface area contributed by atoms with Crippen molar-refractivity contribution >= 4 is 34.4 Å². The highest BCUT2D eigenvalue weighted by molar-refractivity contribution is 7.13. The molecule has 3 atom stereocenters. The molecular weight excluding hydrogens is 528 g/mol. The number of carbonyl (C=O) groups excluding carboxylic acids is 3. The fourth-order valence-corrected chi connectivity index (χ4v) is 7.61. The van der Waals surface area contributed by atoms with Crippen LogP contribution in [0.15, 0.2) is 23.6 Å². The molecular formula is C30H38N4O5S. The van der Waals surface area contributed by atoms with Crippen molar-refractivity contribution in [3.8, 4) is 0 Å². The van der Waals surface area contributed by atoms with Gasteiger partial charge in [-0.05, 0) is 61.1 Å². The van der Waals surface area contributed by atoms with Gasteiger partial charge in [0.1, 0.15) is 18.2 Å². The predicted molar refractivity (Wildman–Crippen MR) is 151 cm³/mol. The van der Waals surface area contributed by atoms with Crippen molar-refractivity contribution in [3.05, 3.63) is 46.0 Å². The minimum atomic E-state index is -0.789. The Balaban J connectivity index is 1.30. The topological polar surface area (TPSA) is 101 Å². The van der Waals surface area contributed by atoms with E-state index in [4.69, 9.17) is 14.5 Å². The predicted octanol–water partition coefficient (Wildman–Crippen LogP) is 4.68. The molecule has 6 rings (SSSR count). The largest absolute Gasteiger partial charge is 0.467 e. The van der Waals surface area contributed by atoms with Gasteiger partial charge in [-0.3, -0.25) is 9.69 Å². The van der Waals surface area contributed by atoms with Gasteiger partial charge in [-0.15, -0.1) is 11.3 Å². The molecule has 214 valence electrons. The molecule has 1 aromatic heterocycles. The Morgan fingerprint density at radius 1 is 1.07 bits per heavy atom. The number of carbonyl (C=O) groups is 3. The lowest BCUT2D eigenvalue weighted by atomic mass is 9.83. The van der Waals surface area contributed by atoms with Gasteiger partial charge < -0.3 is 19.7 Å². The number of hydrogen-bond acceptors (Lipinski definition) is 8. The SMILES string of the molecule is COC(=O)[C@@H]1C[C@@H]2CN1C(=O)[C@H](C1CCCCC1)Nc1nc(cs1)CCCCc1cccc3c1CN(C3)C(=O)O2. The number of ether oxygens (including phenoxy) is 2. The molecule has 1 aromatic carbocycles. The van der Waals surface area contributed by atoms with Crippen LogP contribution < -0.4 is 5.32 Å². The lowest BCUT2D eigenvalue weighted by Crippen LogP contribution is -2.51. The number of nitrogens with one attached hydrogen (secondary N) is 1. The van der Waals surface area contributed by atoms with E-state index in [-0.39, 0.29) is 24.8 Å². The minimum absolute atomic E-state index is 0.145. The highest BCUT2D eigenvalue weighted by Crippen LogP contribution is 2.34. The van der Waals surface area contributed by atoms with Gasteiger partial charge in [0.15, 0.2) is 5.13 Å². The standard InChI is InChI=1S/C30H38N4O5S/c1-38-28(36)25-14-23-16-34(25)27(35)26(20-9-3-2-4-10-20)32-29-31-22(18-40-29)13-6-5-8-19-11-7-12-21-15-33(17-24(19)21)30(37)39-23/h7,11-12,18,20,23,25-26H,2-6,8-10,13-17H2,1H3,(H,31,32)/t23-,25+,26+/m1/s1. The van der Waals surface area contributed by atoms with E-state index < -0.39 is 30.3 Å². The molecule has 3 aliphatic heterocycles. The van der Waals surface area contributed by atoms with Gasteiger partial charge in [-0.25, -0.2) is 14.6 Å². The first-order valence-corrected chi connectivity index (χ1v) is 15.5. The zero-order chi connectivity index (χ0) is 27.6. The molecule has 2 fully saturated rings. The van der Waals surface area contributed by atoms with E-state index in [9.17, 15) is 14.4 Å². The molecule has 0 spiro atoms. The lowest BCUT2D eigenvalue weighted by Gasteiger charge is -2.34. The highest BCUT2D eigenvalue weighted by atomic mass is 32.1. The summed E-state index contributed by atoms with van der Waals surface area (Å²) >= 11 is 1.54. The molecule has 10 heteroatoms. The van der Waals surface area contributed by atoms with Gasteiger partial charge in [0.05, 0.1) is 19.3 Å². The maximum atomic E-state index is 14.2. The first-order chi connectivity index (χ1) is 19.5. The average Bonchev–Trinajstić information content (AvgIpc) is 3.72. The zero-order valence-electron chi connectivity index (χ0n) is 23.1. The van der Waals surface area contributed by atoms with E-state index in [1.54, 1.807) is 9.80 Å². The van der Waals surface area contributed by atoms with Crippen LogP contribution >= 0.6 is 11.3 Å². The molecule has 4 aliphatic rings. The molecule has 1 N–H and O–H groups in total. The summed E-state index contributed by atoms with van der Waals surface area (Å²) in [7, 11) is 1.33. The fourth-order valence-electron chi connectivity index (χ4n) is 6.83. The summed E-state index contributed by atoms with van der Waals surface area (Å²) in [5, 5.41) is 6.31. The highest BCUT2D eigenvalue weighted by Gasteiger charge is 2.46. The minimum Gasteiger partial charge on any atom is -0.467 e. The monoisotopic (exact) mass is 566 g/mol. The Kier molecular flexibility index (Phi) is 7.96. The molecule has 2 amide bonds. The lowest BCUT2D eigenvalue weighted by molar-refractivity contribution is -0.151. The van der Waals surface area contributed by atoms with Gasteiger partial charge in [0, 0.05) is 24.9 Å². The molecule has 6 bridgehead atoms. The van der Waals surface area contributed by atoms with Crippen LogP contribution in [-0.4, -0.2) is 64.6 Å². The molecule has 1 aliphatic carbocycles. The molecule has 0 radical (unpaired) electrons. The van der Waals surface area contributed by atoms with E-state index in [2.05, 4.69) is 28.9 Å². The van der Waals surface area contributed by atoms with E-state index in [0.717, 1.165) is 67.8 Å². The Morgan fingerprint density at radius 2 is 1.88 bits per heavy atom. The van der Waals surface area contributed by atoms with E-state index in [1.165, 1.54) is 36.0 Å². The fraction of sp³-hybridized carbons (Fsp3) is 0.600. The normalized spacial score (nSPS) is 26.0. The van der Waals surface area contributed by atoms with Crippen molar-refractivity contribution in [3.63, 3.8) is 0 Å². The number of hydrogen-bond donors (Lipinski definition) is 1. The van der Waals surface area contributed by atoms with Crippen LogP contribution in [0.25, 0.3) is 0 Å². The molecule has 40 heavy (non-hydrogen) atoms. The number of amides is 2. The van der Waals surface area contributed by atoms with Crippen LogP contribution in [0.1, 0.15) is 73.8 Å². The summed E-state index contributed by atoms with van der Waals surface area (Å²) < 4.78 is 11.0. The number of aryl methyl sites for hydroxylation is 2. The summed E-state index contributed by atoms with van der Waals surface area (Å²) in [6, 6.07) is 5.03. The Bertz CT molecular complexity index is 1260. The van der Waals surface area contributed by atoms with Gasteiger partial charge >= 0.3 is 12.1 Å². The van der Waals surface area contributed by atoms with Crippen molar-refractivity contribution in [2.24, 2.45) is 5.92 Å². The van der Waals surface area contributed by atoms with Crippen molar-refractivity contribution in [2.45, 2.75) is 95.5 Å². The summed E-state index contributed by atoms with van der Waals surface area (Å²) in [6.07, 6.45) is 8.38. The van der Waals surface area contributed by atoms with Crippen molar-refractivity contribution in [1.29, 1.82) is 0 Å². The number of nitrogens with zero attached hydrogens (tertiary/aromatic N) is 3. The van der Waals surface area contributed by atoms with Crippen LogP contribution in [0.3, 0.4) is 0 Å². The van der Waals surface area contributed by atoms with Gasteiger partial charge in [0.25, 0.3) is 0 Å². The summed E-state index contributed by atoms with van der Waals surface area (Å²) in [5.74, 6) is -0.473. The Labute approximate surface area is 239 Å². The van der Waals surface area contributed by atoms with Crippen molar-refractivity contribution in [2.75, 3.05) is 19.0 Å². The maximum absolute atomic E-state index is 14.2. The third kappa shape index (κ3) is 5.55. The number of anilines is 1. The molecule has 4 heterocycles. The number of rotatable bonds is 2. The van der Waals surface area contributed by atoms with E-state index in [1.807, 2.05) is 0 Å². The Morgan fingerprint density at radius 3 is 2.70 bits per heavy atom. The second kappa shape index (κ2) is 11.8. The van der Waals surface area contributed by atoms with E-state index in [0.29, 0.717) is 13.1 Å². The van der Waals surface area contributed by atoms with Crippen molar-refractivity contribution < 1.29 is 23.9 Å². The van der Waals surface area contributed by atoms with Gasteiger partial charge in [0.2, 0.25) is 5.91 Å². The van der Waals surface area contributed by atoms with Gasteiger partial charge in [-0.1, -0.05) is 37.5 Å². The number of thiazole rings is 1. The van der Waals surface area contributed by atoms with Crippen LogP contribution in [0.5, 0.6) is 0 Å². The maximum Gasteiger partial charge on any atom is 0.410 e. The number of fused-ring (bicyclic) bond motifs is 5. The van der Waals surface area contributed by atoms with Crippen LogP contribution in [0.4, 0.5) is 9.93 Å². The third-order valence-corrected chi connectivity index (χ3v) is 9.79. The number of esters is 1. The summed E-state index contributed by atoms with van der Waals surface area (Å²) in [4.78, 5) is 48.5. The van der Waals surface area contributed by atoms with Crippen LogP contribution in [0, 0.1) is 5.92 Å². The Hall–Kier alpha value is -3.14. The van der Waals surface area contributed by atoms with Crippen molar-refractivity contribution in [1.82, 2.24) is 14.8 Å². The smallest absolute Gasteiger partial charge is 0.410 e. The summed E-state index contributed by atoms with van der Waals surface area (Å²) in [5.41, 5.74) is 4.69. The molecule has 1 saturated carbocycles. The first-order valence-electron chi connectivity index (χ1n) is 14.6. The second-order valence-electron chi connectivity index (χ2n) is 11.6.